The second-order valence-corrected chi connectivity index (χ2v) is 4.97. The number of rotatable bonds is 5. The van der Waals surface area contributed by atoms with E-state index in [1.54, 1.807) is 0 Å². The van der Waals surface area contributed by atoms with Gasteiger partial charge in [-0.25, -0.2) is 14.2 Å². The maximum atomic E-state index is 12.7. The number of pyridine rings is 1. The summed E-state index contributed by atoms with van der Waals surface area (Å²) in [6.07, 6.45) is 1.46. The Kier molecular flexibility index (Phi) is 4.89. The number of nitrogens with zero attached hydrogens (tertiary/aromatic N) is 1. The quantitative estimate of drug-likeness (QED) is 0.830. The number of hydrogen-bond donors (Lipinski definition) is 2. The van der Waals surface area contributed by atoms with E-state index < -0.39 is 5.97 Å². The Bertz CT molecular complexity index is 662. The van der Waals surface area contributed by atoms with E-state index in [1.165, 1.54) is 42.6 Å². The average molecular weight is 306 g/mol. The second-order valence-electron chi connectivity index (χ2n) is 4.01. The van der Waals surface area contributed by atoms with E-state index in [0.717, 1.165) is 11.8 Å². The Labute approximate surface area is 124 Å². The normalized spacial score (nSPS) is 10.1. The minimum atomic E-state index is -1.09. The molecule has 108 valence electrons. The monoisotopic (exact) mass is 306 g/mol. The minimum absolute atomic E-state index is 0.00860. The first-order chi connectivity index (χ1) is 10.1. The maximum absolute atomic E-state index is 12.7. The molecule has 21 heavy (non-hydrogen) atoms. The van der Waals surface area contributed by atoms with Crippen molar-refractivity contribution in [1.29, 1.82) is 0 Å². The Morgan fingerprint density at radius 1 is 1.24 bits per heavy atom. The first kappa shape index (κ1) is 15.0. The van der Waals surface area contributed by atoms with E-state index in [1.807, 2.05) is 0 Å². The van der Waals surface area contributed by atoms with Crippen LogP contribution in [0.15, 0.2) is 47.6 Å². The number of thioether (sulfide) groups is 1. The van der Waals surface area contributed by atoms with Gasteiger partial charge >= 0.3 is 5.97 Å². The van der Waals surface area contributed by atoms with E-state index in [0.29, 0.717) is 5.69 Å². The SMILES string of the molecule is O=C(CSc1ncccc1C(=O)O)Nc1ccc(F)cc1. The molecule has 0 unspecified atom stereocenters. The van der Waals surface area contributed by atoms with E-state index in [-0.39, 0.29) is 28.1 Å². The molecule has 0 saturated heterocycles. The molecule has 0 aliphatic carbocycles. The summed E-state index contributed by atoms with van der Waals surface area (Å²) in [6, 6.07) is 8.32. The van der Waals surface area contributed by atoms with Crippen molar-refractivity contribution in [2.75, 3.05) is 11.1 Å². The van der Waals surface area contributed by atoms with Crippen molar-refractivity contribution in [3.8, 4) is 0 Å². The molecule has 0 fully saturated rings. The van der Waals surface area contributed by atoms with Crippen molar-refractivity contribution < 1.29 is 19.1 Å². The van der Waals surface area contributed by atoms with Crippen LogP contribution in [0.2, 0.25) is 0 Å². The highest BCUT2D eigenvalue weighted by molar-refractivity contribution is 8.00. The summed E-state index contributed by atoms with van der Waals surface area (Å²) in [5, 5.41) is 11.9. The molecule has 1 heterocycles. The Morgan fingerprint density at radius 2 is 1.95 bits per heavy atom. The van der Waals surface area contributed by atoms with Crippen LogP contribution in [0.5, 0.6) is 0 Å². The van der Waals surface area contributed by atoms with Gasteiger partial charge < -0.3 is 10.4 Å². The maximum Gasteiger partial charge on any atom is 0.338 e. The molecule has 7 heteroatoms. The molecule has 0 aliphatic rings. The van der Waals surface area contributed by atoms with Crippen LogP contribution < -0.4 is 5.32 Å². The average Bonchev–Trinajstić information content (AvgIpc) is 2.48. The number of hydrogen-bond acceptors (Lipinski definition) is 4. The molecule has 0 saturated carbocycles. The highest BCUT2D eigenvalue weighted by atomic mass is 32.2. The number of anilines is 1. The summed E-state index contributed by atoms with van der Waals surface area (Å²) >= 11 is 1.03. The molecule has 2 aromatic rings. The predicted molar refractivity (Wildman–Crippen MR) is 77.0 cm³/mol. The predicted octanol–water partition coefficient (Wildman–Crippen LogP) is 2.65. The number of carboxylic acids is 1. The first-order valence-electron chi connectivity index (χ1n) is 5.93. The van der Waals surface area contributed by atoms with Gasteiger partial charge in [-0.1, -0.05) is 11.8 Å². The molecular formula is C14H11FN2O3S. The molecule has 0 bridgehead atoms. The zero-order chi connectivity index (χ0) is 15.2. The van der Waals surface area contributed by atoms with Crippen molar-refractivity contribution in [1.82, 2.24) is 4.98 Å². The Morgan fingerprint density at radius 3 is 2.62 bits per heavy atom. The number of carbonyl (C=O) groups is 2. The van der Waals surface area contributed by atoms with Crippen LogP contribution in [0, 0.1) is 5.82 Å². The molecule has 0 radical (unpaired) electrons. The lowest BCUT2D eigenvalue weighted by molar-refractivity contribution is -0.113. The van der Waals surface area contributed by atoms with Crippen LogP contribution in [0.3, 0.4) is 0 Å². The molecule has 5 nitrogen and oxygen atoms in total. The van der Waals surface area contributed by atoms with Crippen molar-refractivity contribution >= 4 is 29.3 Å². The number of halogens is 1. The van der Waals surface area contributed by atoms with E-state index in [9.17, 15) is 14.0 Å². The third-order valence-electron chi connectivity index (χ3n) is 2.47. The number of aromatic nitrogens is 1. The molecule has 2 rings (SSSR count). The van der Waals surface area contributed by atoms with Gasteiger partial charge in [0.2, 0.25) is 5.91 Å². The van der Waals surface area contributed by atoms with E-state index in [4.69, 9.17) is 5.11 Å². The van der Waals surface area contributed by atoms with Crippen LogP contribution >= 0.6 is 11.8 Å². The molecule has 1 aromatic carbocycles. The number of benzene rings is 1. The van der Waals surface area contributed by atoms with Crippen molar-refractivity contribution in [3.05, 3.63) is 54.0 Å². The van der Waals surface area contributed by atoms with E-state index in [2.05, 4.69) is 10.3 Å². The van der Waals surface area contributed by atoms with Crippen LogP contribution in [-0.2, 0) is 4.79 Å². The molecule has 1 aromatic heterocycles. The van der Waals surface area contributed by atoms with E-state index >= 15 is 0 Å². The molecule has 2 N–H and O–H groups in total. The number of aromatic carboxylic acids is 1. The minimum Gasteiger partial charge on any atom is -0.478 e. The van der Waals surface area contributed by atoms with Gasteiger partial charge in [-0.3, -0.25) is 4.79 Å². The zero-order valence-electron chi connectivity index (χ0n) is 10.7. The van der Waals surface area contributed by atoms with Crippen molar-refractivity contribution in [2.24, 2.45) is 0 Å². The fourth-order valence-electron chi connectivity index (χ4n) is 1.53. The second kappa shape index (κ2) is 6.85. The standard InChI is InChI=1S/C14H11FN2O3S/c15-9-3-5-10(6-4-9)17-12(18)8-21-13-11(14(19)20)2-1-7-16-13/h1-7H,8H2,(H,17,18)(H,19,20). The first-order valence-corrected chi connectivity index (χ1v) is 6.91. The van der Waals surface area contributed by atoms with Gasteiger partial charge in [0.15, 0.2) is 0 Å². The number of amides is 1. The van der Waals surface area contributed by atoms with Crippen LogP contribution in [0.4, 0.5) is 10.1 Å². The summed E-state index contributed by atoms with van der Waals surface area (Å²) in [5.41, 5.74) is 0.526. The van der Waals surface area contributed by atoms with Gasteiger partial charge in [-0.15, -0.1) is 0 Å². The largest absolute Gasteiger partial charge is 0.478 e. The third kappa shape index (κ3) is 4.28. The lowest BCUT2D eigenvalue weighted by atomic mass is 10.3. The lowest BCUT2D eigenvalue weighted by Gasteiger charge is -2.06. The van der Waals surface area contributed by atoms with Gasteiger partial charge in [-0.2, -0.15) is 0 Å². The van der Waals surface area contributed by atoms with Gasteiger partial charge in [0.25, 0.3) is 0 Å². The third-order valence-corrected chi connectivity index (χ3v) is 3.47. The highest BCUT2D eigenvalue weighted by Gasteiger charge is 2.12. The molecule has 0 spiro atoms. The van der Waals surface area contributed by atoms with Crippen LogP contribution in [-0.4, -0.2) is 27.7 Å². The summed E-state index contributed by atoms with van der Waals surface area (Å²) in [5.74, 6) is -1.80. The molecular weight excluding hydrogens is 295 g/mol. The fraction of sp³-hybridized carbons (Fsp3) is 0.0714. The number of nitrogens with one attached hydrogen (secondary N) is 1. The van der Waals surface area contributed by atoms with Gasteiger partial charge in [0, 0.05) is 11.9 Å². The molecule has 0 aliphatic heterocycles. The lowest BCUT2D eigenvalue weighted by Crippen LogP contribution is -2.14. The number of carboxylic acid groups (broad SMARTS) is 1. The van der Waals surface area contributed by atoms with Crippen molar-refractivity contribution in [2.45, 2.75) is 5.03 Å². The fourth-order valence-corrected chi connectivity index (χ4v) is 2.32. The molecule has 0 atom stereocenters. The number of carbonyl (C=O) groups excluding carboxylic acids is 1. The summed E-state index contributed by atoms with van der Waals surface area (Å²) < 4.78 is 12.7. The van der Waals surface area contributed by atoms with Crippen LogP contribution in [0.1, 0.15) is 10.4 Å². The van der Waals surface area contributed by atoms with Crippen LogP contribution in [0.25, 0.3) is 0 Å². The Balaban J connectivity index is 1.95. The Hall–Kier alpha value is -2.41. The summed E-state index contributed by atoms with van der Waals surface area (Å²) in [7, 11) is 0. The van der Waals surface area contributed by atoms with Crippen molar-refractivity contribution in [3.63, 3.8) is 0 Å². The topological polar surface area (TPSA) is 79.3 Å². The summed E-state index contributed by atoms with van der Waals surface area (Å²) in [4.78, 5) is 26.7. The van der Waals surface area contributed by atoms with Gasteiger partial charge in [-0.05, 0) is 36.4 Å². The summed E-state index contributed by atoms with van der Waals surface area (Å²) in [6.45, 7) is 0. The van der Waals surface area contributed by atoms with Gasteiger partial charge in [0.1, 0.15) is 10.8 Å². The zero-order valence-corrected chi connectivity index (χ0v) is 11.6. The highest BCUT2D eigenvalue weighted by Crippen LogP contribution is 2.20. The van der Waals surface area contributed by atoms with Gasteiger partial charge in [0.05, 0.1) is 11.3 Å². The molecule has 1 amide bonds. The smallest absolute Gasteiger partial charge is 0.338 e.